The molecule has 0 aliphatic rings. The molecule has 0 fully saturated rings. The second-order valence-electron chi connectivity index (χ2n) is 4.32. The van der Waals surface area contributed by atoms with E-state index in [-0.39, 0.29) is 18.6 Å². The summed E-state index contributed by atoms with van der Waals surface area (Å²) in [4.78, 5) is 15.8. The average molecular weight is 244 g/mol. The van der Waals surface area contributed by atoms with E-state index in [1.54, 1.807) is 6.20 Å². The molecular formula is C14H16N2O2. The molecule has 2 aromatic rings. The Labute approximate surface area is 106 Å². The first-order chi connectivity index (χ1) is 8.65. The lowest BCUT2D eigenvalue weighted by atomic mass is 10.2. The van der Waals surface area contributed by atoms with Gasteiger partial charge in [-0.25, -0.2) is 0 Å². The van der Waals surface area contributed by atoms with Gasteiger partial charge >= 0.3 is 0 Å². The molecule has 0 spiro atoms. The van der Waals surface area contributed by atoms with Gasteiger partial charge < -0.3 is 10.1 Å². The van der Waals surface area contributed by atoms with Crippen molar-refractivity contribution in [1.82, 2.24) is 4.98 Å². The van der Waals surface area contributed by atoms with Gasteiger partial charge in [-0.05, 0) is 38.1 Å². The van der Waals surface area contributed by atoms with Crippen LogP contribution in [-0.4, -0.2) is 23.6 Å². The lowest BCUT2D eigenvalue weighted by Gasteiger charge is -2.08. The van der Waals surface area contributed by atoms with Crippen molar-refractivity contribution in [2.75, 3.05) is 11.9 Å². The minimum Gasteiger partial charge on any atom is -0.369 e. The van der Waals surface area contributed by atoms with Crippen LogP contribution in [0.1, 0.15) is 13.8 Å². The lowest BCUT2D eigenvalue weighted by Crippen LogP contribution is -2.20. The molecule has 0 saturated carbocycles. The Morgan fingerprint density at radius 2 is 2.22 bits per heavy atom. The zero-order chi connectivity index (χ0) is 13.0. The second kappa shape index (κ2) is 5.60. The first-order valence-corrected chi connectivity index (χ1v) is 5.91. The van der Waals surface area contributed by atoms with E-state index in [1.165, 1.54) is 0 Å². The normalized spacial score (nSPS) is 10.8. The molecule has 1 aromatic carbocycles. The van der Waals surface area contributed by atoms with E-state index in [0.29, 0.717) is 0 Å². The van der Waals surface area contributed by atoms with E-state index in [2.05, 4.69) is 10.3 Å². The number of anilines is 1. The predicted octanol–water partition coefficient (Wildman–Crippen LogP) is 2.60. The fourth-order valence-corrected chi connectivity index (χ4v) is 1.59. The van der Waals surface area contributed by atoms with Gasteiger partial charge in [-0.3, -0.25) is 9.78 Å². The molecule has 0 unspecified atom stereocenters. The molecule has 1 heterocycles. The van der Waals surface area contributed by atoms with Crippen molar-refractivity contribution in [3.63, 3.8) is 0 Å². The number of benzene rings is 1. The van der Waals surface area contributed by atoms with Crippen molar-refractivity contribution in [3.05, 3.63) is 36.5 Å². The number of nitrogens with zero attached hydrogens (tertiary/aromatic N) is 1. The van der Waals surface area contributed by atoms with Gasteiger partial charge in [-0.1, -0.05) is 6.07 Å². The highest BCUT2D eigenvalue weighted by molar-refractivity contribution is 5.94. The van der Waals surface area contributed by atoms with Gasteiger partial charge in [0.1, 0.15) is 6.61 Å². The summed E-state index contributed by atoms with van der Waals surface area (Å²) in [5.74, 6) is -0.146. The number of carbonyl (C=O) groups excluding carboxylic acids is 1. The fourth-order valence-electron chi connectivity index (χ4n) is 1.59. The van der Waals surface area contributed by atoms with Crippen LogP contribution in [0.25, 0.3) is 10.9 Å². The molecule has 0 atom stereocenters. The number of carbonyl (C=O) groups is 1. The number of nitrogens with one attached hydrogen (secondary N) is 1. The number of pyridine rings is 1. The maximum atomic E-state index is 11.6. The third-order valence-corrected chi connectivity index (χ3v) is 2.43. The SMILES string of the molecule is CC(C)OCC(=O)Nc1ccc2ncccc2c1. The third-order valence-electron chi connectivity index (χ3n) is 2.43. The van der Waals surface area contributed by atoms with Gasteiger partial charge in [0.2, 0.25) is 5.91 Å². The number of aromatic nitrogens is 1. The second-order valence-corrected chi connectivity index (χ2v) is 4.32. The van der Waals surface area contributed by atoms with Gasteiger partial charge in [0.25, 0.3) is 0 Å². The van der Waals surface area contributed by atoms with Crippen LogP contribution in [0.15, 0.2) is 36.5 Å². The Hall–Kier alpha value is -1.94. The molecule has 94 valence electrons. The minimum absolute atomic E-state index is 0.0524. The average Bonchev–Trinajstić information content (AvgIpc) is 2.36. The molecule has 0 radical (unpaired) electrons. The summed E-state index contributed by atoms with van der Waals surface area (Å²) in [5, 5.41) is 3.80. The summed E-state index contributed by atoms with van der Waals surface area (Å²) in [6, 6.07) is 9.45. The molecule has 4 heteroatoms. The van der Waals surface area contributed by atoms with E-state index in [0.717, 1.165) is 16.6 Å². The number of fused-ring (bicyclic) bond motifs is 1. The number of ether oxygens (including phenoxy) is 1. The zero-order valence-corrected chi connectivity index (χ0v) is 10.5. The highest BCUT2D eigenvalue weighted by Gasteiger charge is 2.04. The molecular weight excluding hydrogens is 228 g/mol. The fraction of sp³-hybridized carbons (Fsp3) is 0.286. The quantitative estimate of drug-likeness (QED) is 0.899. The lowest BCUT2D eigenvalue weighted by molar-refractivity contribution is -0.121. The van der Waals surface area contributed by atoms with Crippen molar-refractivity contribution in [2.24, 2.45) is 0 Å². The highest BCUT2D eigenvalue weighted by Crippen LogP contribution is 2.16. The van der Waals surface area contributed by atoms with E-state index < -0.39 is 0 Å². The van der Waals surface area contributed by atoms with Gasteiger partial charge in [-0.2, -0.15) is 0 Å². The van der Waals surface area contributed by atoms with Crippen LogP contribution in [0.3, 0.4) is 0 Å². The van der Waals surface area contributed by atoms with Crippen molar-refractivity contribution in [1.29, 1.82) is 0 Å². The number of rotatable bonds is 4. The maximum absolute atomic E-state index is 11.6. The van der Waals surface area contributed by atoms with E-state index >= 15 is 0 Å². The summed E-state index contributed by atoms with van der Waals surface area (Å²) < 4.78 is 5.24. The number of hydrogen-bond donors (Lipinski definition) is 1. The Morgan fingerprint density at radius 3 is 3.00 bits per heavy atom. The summed E-state index contributed by atoms with van der Waals surface area (Å²) in [6.07, 6.45) is 1.80. The standard InChI is InChI=1S/C14H16N2O2/c1-10(2)18-9-14(17)16-12-5-6-13-11(8-12)4-3-7-15-13/h3-8,10H,9H2,1-2H3,(H,16,17). The topological polar surface area (TPSA) is 51.2 Å². The van der Waals surface area contributed by atoms with Crippen molar-refractivity contribution in [3.8, 4) is 0 Å². The minimum atomic E-state index is -0.146. The molecule has 1 aromatic heterocycles. The summed E-state index contributed by atoms with van der Waals surface area (Å²) in [7, 11) is 0. The predicted molar refractivity (Wildman–Crippen MR) is 71.5 cm³/mol. The van der Waals surface area contributed by atoms with Crippen LogP contribution < -0.4 is 5.32 Å². The Bertz CT molecular complexity index is 552. The summed E-state index contributed by atoms with van der Waals surface area (Å²) in [5.41, 5.74) is 1.67. The molecule has 1 amide bonds. The zero-order valence-electron chi connectivity index (χ0n) is 10.5. The first-order valence-electron chi connectivity index (χ1n) is 5.91. The smallest absolute Gasteiger partial charge is 0.250 e. The monoisotopic (exact) mass is 244 g/mol. The molecule has 0 aliphatic carbocycles. The largest absolute Gasteiger partial charge is 0.369 e. The van der Waals surface area contributed by atoms with Crippen LogP contribution in [-0.2, 0) is 9.53 Å². The molecule has 0 bridgehead atoms. The molecule has 1 N–H and O–H groups in total. The summed E-state index contributed by atoms with van der Waals surface area (Å²) in [6.45, 7) is 3.87. The molecule has 4 nitrogen and oxygen atoms in total. The number of amides is 1. The van der Waals surface area contributed by atoms with E-state index in [4.69, 9.17) is 4.74 Å². The molecule has 0 aliphatic heterocycles. The van der Waals surface area contributed by atoms with Crippen molar-refractivity contribution >= 4 is 22.5 Å². The Balaban J connectivity index is 2.05. The molecule has 18 heavy (non-hydrogen) atoms. The van der Waals surface area contributed by atoms with Crippen LogP contribution in [0.2, 0.25) is 0 Å². The Morgan fingerprint density at radius 1 is 1.39 bits per heavy atom. The maximum Gasteiger partial charge on any atom is 0.250 e. The van der Waals surface area contributed by atoms with Gasteiger partial charge in [0.05, 0.1) is 11.6 Å². The van der Waals surface area contributed by atoms with Crippen LogP contribution >= 0.6 is 0 Å². The number of hydrogen-bond acceptors (Lipinski definition) is 3. The molecule has 0 saturated heterocycles. The summed E-state index contributed by atoms with van der Waals surface area (Å²) >= 11 is 0. The van der Waals surface area contributed by atoms with E-state index in [9.17, 15) is 4.79 Å². The third kappa shape index (κ3) is 3.28. The first kappa shape index (κ1) is 12.5. The van der Waals surface area contributed by atoms with Gasteiger partial charge in [0, 0.05) is 17.3 Å². The highest BCUT2D eigenvalue weighted by atomic mass is 16.5. The van der Waals surface area contributed by atoms with Crippen LogP contribution in [0.5, 0.6) is 0 Å². The van der Waals surface area contributed by atoms with Gasteiger partial charge in [-0.15, -0.1) is 0 Å². The van der Waals surface area contributed by atoms with Gasteiger partial charge in [0.15, 0.2) is 0 Å². The van der Waals surface area contributed by atoms with Crippen LogP contribution in [0, 0.1) is 0 Å². The Kier molecular flexibility index (Phi) is 3.89. The van der Waals surface area contributed by atoms with Crippen molar-refractivity contribution < 1.29 is 9.53 Å². The molecule has 2 rings (SSSR count). The van der Waals surface area contributed by atoms with E-state index in [1.807, 2.05) is 44.2 Å². The van der Waals surface area contributed by atoms with Crippen LogP contribution in [0.4, 0.5) is 5.69 Å². The van der Waals surface area contributed by atoms with Crippen molar-refractivity contribution in [2.45, 2.75) is 20.0 Å².